The van der Waals surface area contributed by atoms with Gasteiger partial charge in [-0.15, -0.1) is 0 Å². The molecule has 0 saturated heterocycles. The van der Waals surface area contributed by atoms with E-state index in [1.807, 2.05) is 25.1 Å². The van der Waals surface area contributed by atoms with Gasteiger partial charge in [0, 0.05) is 11.8 Å². The van der Waals surface area contributed by atoms with E-state index in [-0.39, 0.29) is 5.95 Å². The average Bonchev–Trinajstić information content (AvgIpc) is 2.24. The number of hydrogen-bond donors (Lipinski definition) is 2. The molecule has 5 heteroatoms. The van der Waals surface area contributed by atoms with E-state index >= 15 is 0 Å². The summed E-state index contributed by atoms with van der Waals surface area (Å²) in [5, 5.41) is 0. The summed E-state index contributed by atoms with van der Waals surface area (Å²) in [5.74, 6) is 0.557. The van der Waals surface area contributed by atoms with Crippen molar-refractivity contribution >= 4 is 11.8 Å². The molecule has 0 spiro atoms. The first kappa shape index (κ1) is 9.39. The fraction of sp³-hybridized carbons (Fsp3) is 0.100. The van der Waals surface area contributed by atoms with E-state index in [1.54, 1.807) is 6.20 Å². The van der Waals surface area contributed by atoms with Gasteiger partial charge in [-0.3, -0.25) is 4.98 Å². The van der Waals surface area contributed by atoms with Crippen molar-refractivity contribution < 1.29 is 0 Å². The Labute approximate surface area is 87.2 Å². The molecule has 0 bridgehead atoms. The number of nitrogens with zero attached hydrogens (tertiary/aromatic N) is 3. The molecule has 2 aromatic heterocycles. The molecule has 0 atom stereocenters. The van der Waals surface area contributed by atoms with Crippen LogP contribution in [0.15, 0.2) is 24.4 Å². The molecule has 0 amide bonds. The molecular formula is C10H11N5. The molecule has 0 aliphatic rings. The van der Waals surface area contributed by atoms with Gasteiger partial charge in [0.05, 0.1) is 11.4 Å². The summed E-state index contributed by atoms with van der Waals surface area (Å²) < 4.78 is 0. The van der Waals surface area contributed by atoms with Crippen molar-refractivity contribution in [3.8, 4) is 11.4 Å². The Hall–Kier alpha value is -2.17. The van der Waals surface area contributed by atoms with Crippen LogP contribution in [-0.2, 0) is 0 Å². The standard InChI is InChI=1S/C10H11N5/c1-6-8(7-4-2-3-5-13-7)14-10(12)15-9(6)11/h2-5H,1H3,(H4,11,12,14,15). The predicted octanol–water partition coefficient (Wildman–Crippen LogP) is 1.01. The Balaban J connectivity index is 2.63. The molecule has 5 nitrogen and oxygen atoms in total. The Morgan fingerprint density at radius 3 is 2.60 bits per heavy atom. The minimum Gasteiger partial charge on any atom is -0.383 e. The van der Waals surface area contributed by atoms with E-state index in [1.165, 1.54) is 0 Å². The van der Waals surface area contributed by atoms with Gasteiger partial charge in [-0.25, -0.2) is 4.98 Å². The van der Waals surface area contributed by atoms with Crippen molar-refractivity contribution in [2.24, 2.45) is 0 Å². The highest BCUT2D eigenvalue weighted by Gasteiger charge is 2.09. The molecule has 0 unspecified atom stereocenters. The van der Waals surface area contributed by atoms with Crippen molar-refractivity contribution in [2.45, 2.75) is 6.92 Å². The number of hydrogen-bond acceptors (Lipinski definition) is 5. The SMILES string of the molecule is Cc1c(N)nc(N)nc1-c1ccccn1. The monoisotopic (exact) mass is 201 g/mol. The van der Waals surface area contributed by atoms with Crippen LogP contribution in [0.25, 0.3) is 11.4 Å². The minimum atomic E-state index is 0.166. The highest BCUT2D eigenvalue weighted by atomic mass is 15.0. The fourth-order valence-electron chi connectivity index (χ4n) is 1.30. The summed E-state index contributed by atoms with van der Waals surface area (Å²) in [6.07, 6.45) is 1.70. The van der Waals surface area contributed by atoms with Gasteiger partial charge in [-0.1, -0.05) is 6.07 Å². The van der Waals surface area contributed by atoms with Crippen LogP contribution >= 0.6 is 0 Å². The second kappa shape index (κ2) is 3.53. The molecular weight excluding hydrogens is 190 g/mol. The zero-order valence-corrected chi connectivity index (χ0v) is 8.31. The number of nitrogen functional groups attached to an aromatic ring is 2. The summed E-state index contributed by atoms with van der Waals surface area (Å²) in [6, 6.07) is 5.58. The highest BCUT2D eigenvalue weighted by molar-refractivity contribution is 5.65. The molecule has 4 N–H and O–H groups in total. The van der Waals surface area contributed by atoms with E-state index < -0.39 is 0 Å². The second-order valence-corrected chi connectivity index (χ2v) is 3.16. The highest BCUT2D eigenvalue weighted by Crippen LogP contribution is 2.22. The lowest BCUT2D eigenvalue weighted by atomic mass is 10.1. The Morgan fingerprint density at radius 1 is 1.13 bits per heavy atom. The van der Waals surface area contributed by atoms with Crippen LogP contribution in [-0.4, -0.2) is 15.0 Å². The normalized spacial score (nSPS) is 10.2. The topological polar surface area (TPSA) is 90.7 Å². The largest absolute Gasteiger partial charge is 0.383 e. The van der Waals surface area contributed by atoms with Crippen LogP contribution in [0.3, 0.4) is 0 Å². The van der Waals surface area contributed by atoms with Crippen LogP contribution in [0.1, 0.15) is 5.56 Å². The maximum atomic E-state index is 5.70. The molecule has 0 radical (unpaired) electrons. The predicted molar refractivity (Wildman–Crippen MR) is 58.8 cm³/mol. The third-order valence-corrected chi connectivity index (χ3v) is 2.11. The zero-order chi connectivity index (χ0) is 10.8. The van der Waals surface area contributed by atoms with Gasteiger partial charge in [0.2, 0.25) is 5.95 Å². The lowest BCUT2D eigenvalue weighted by molar-refractivity contribution is 1.14. The number of aromatic nitrogens is 3. The molecule has 0 saturated carbocycles. The van der Waals surface area contributed by atoms with Crippen molar-refractivity contribution in [3.63, 3.8) is 0 Å². The third kappa shape index (κ3) is 1.71. The molecule has 2 rings (SSSR count). The number of nitrogens with two attached hydrogens (primary N) is 2. The van der Waals surface area contributed by atoms with Gasteiger partial charge < -0.3 is 11.5 Å². The van der Waals surface area contributed by atoms with Crippen LogP contribution in [0.4, 0.5) is 11.8 Å². The van der Waals surface area contributed by atoms with E-state index in [0.717, 1.165) is 11.3 Å². The van der Waals surface area contributed by atoms with Crippen molar-refractivity contribution in [3.05, 3.63) is 30.0 Å². The van der Waals surface area contributed by atoms with Gasteiger partial charge >= 0.3 is 0 Å². The summed E-state index contributed by atoms with van der Waals surface area (Å²) in [5.41, 5.74) is 13.5. The summed E-state index contributed by atoms with van der Waals surface area (Å²) >= 11 is 0. The average molecular weight is 201 g/mol. The van der Waals surface area contributed by atoms with Gasteiger partial charge in [-0.05, 0) is 19.1 Å². The zero-order valence-electron chi connectivity index (χ0n) is 8.31. The first-order valence-electron chi connectivity index (χ1n) is 4.49. The summed E-state index contributed by atoms with van der Waals surface area (Å²) in [4.78, 5) is 12.2. The molecule has 2 aromatic rings. The second-order valence-electron chi connectivity index (χ2n) is 3.16. The quantitative estimate of drug-likeness (QED) is 0.718. The van der Waals surface area contributed by atoms with Gasteiger partial charge in [-0.2, -0.15) is 4.98 Å². The van der Waals surface area contributed by atoms with Crippen LogP contribution in [0.5, 0.6) is 0 Å². The molecule has 2 heterocycles. The van der Waals surface area contributed by atoms with Gasteiger partial charge in [0.25, 0.3) is 0 Å². The molecule has 76 valence electrons. The molecule has 0 aliphatic heterocycles. The van der Waals surface area contributed by atoms with Gasteiger partial charge in [0.15, 0.2) is 0 Å². The van der Waals surface area contributed by atoms with E-state index in [0.29, 0.717) is 11.5 Å². The molecule has 0 aliphatic carbocycles. The lowest BCUT2D eigenvalue weighted by Crippen LogP contribution is -2.04. The lowest BCUT2D eigenvalue weighted by Gasteiger charge is -2.06. The minimum absolute atomic E-state index is 0.166. The van der Waals surface area contributed by atoms with Gasteiger partial charge in [0.1, 0.15) is 5.82 Å². The molecule has 0 aromatic carbocycles. The first-order valence-corrected chi connectivity index (χ1v) is 4.49. The molecule has 15 heavy (non-hydrogen) atoms. The van der Waals surface area contributed by atoms with Crippen molar-refractivity contribution in [1.82, 2.24) is 15.0 Å². The Kier molecular flexibility index (Phi) is 2.21. The Morgan fingerprint density at radius 2 is 1.93 bits per heavy atom. The fourth-order valence-corrected chi connectivity index (χ4v) is 1.30. The maximum Gasteiger partial charge on any atom is 0.222 e. The summed E-state index contributed by atoms with van der Waals surface area (Å²) in [6.45, 7) is 1.85. The Bertz CT molecular complexity index is 481. The maximum absolute atomic E-state index is 5.70. The number of pyridine rings is 1. The first-order chi connectivity index (χ1) is 7.18. The van der Waals surface area contributed by atoms with E-state index in [2.05, 4.69) is 15.0 Å². The van der Waals surface area contributed by atoms with Crippen molar-refractivity contribution in [1.29, 1.82) is 0 Å². The molecule has 0 fully saturated rings. The smallest absolute Gasteiger partial charge is 0.222 e. The van der Waals surface area contributed by atoms with Crippen LogP contribution in [0.2, 0.25) is 0 Å². The van der Waals surface area contributed by atoms with E-state index in [9.17, 15) is 0 Å². The van der Waals surface area contributed by atoms with E-state index in [4.69, 9.17) is 11.5 Å². The number of rotatable bonds is 1. The van der Waals surface area contributed by atoms with Crippen molar-refractivity contribution in [2.75, 3.05) is 11.5 Å². The van der Waals surface area contributed by atoms with Crippen LogP contribution < -0.4 is 11.5 Å². The third-order valence-electron chi connectivity index (χ3n) is 2.11. The summed E-state index contributed by atoms with van der Waals surface area (Å²) in [7, 11) is 0. The van der Waals surface area contributed by atoms with Crippen LogP contribution in [0, 0.1) is 6.92 Å². The number of anilines is 2.